The fraction of sp³-hybridized carbons (Fsp3) is 0.381. The molecule has 0 unspecified atom stereocenters. The topological polar surface area (TPSA) is 47.6 Å². The monoisotopic (exact) mass is 337 g/mol. The Morgan fingerprint density at radius 3 is 2.32 bits per heavy atom. The highest BCUT2D eigenvalue weighted by Crippen LogP contribution is 2.49. The number of amides is 1. The maximum Gasteiger partial charge on any atom is 0.235 e. The molecular formula is C21H23NO3. The fourth-order valence-electron chi connectivity index (χ4n) is 3.29. The highest BCUT2D eigenvalue weighted by Gasteiger charge is 2.51. The molecular weight excluding hydrogens is 314 g/mol. The summed E-state index contributed by atoms with van der Waals surface area (Å²) in [5.41, 5.74) is 2.84. The number of nitrogens with one attached hydrogen (secondary N) is 1. The van der Waals surface area contributed by atoms with Crippen molar-refractivity contribution in [1.29, 1.82) is 0 Å². The summed E-state index contributed by atoms with van der Waals surface area (Å²) < 4.78 is 10.7. The number of anilines is 1. The normalized spacial score (nSPS) is 17.2. The second-order valence-corrected chi connectivity index (χ2v) is 7.93. The molecule has 4 rings (SSSR count). The molecule has 0 radical (unpaired) electrons. The quantitative estimate of drug-likeness (QED) is 0.904. The number of carbonyl (C=O) groups excluding carboxylic acids is 1. The van der Waals surface area contributed by atoms with Crippen LogP contribution in [0.3, 0.4) is 0 Å². The van der Waals surface area contributed by atoms with Gasteiger partial charge in [-0.3, -0.25) is 4.79 Å². The van der Waals surface area contributed by atoms with Gasteiger partial charge in [0.15, 0.2) is 11.5 Å². The molecule has 1 N–H and O–H groups in total. The largest absolute Gasteiger partial charge is 0.454 e. The molecule has 2 aromatic carbocycles. The van der Waals surface area contributed by atoms with Crippen LogP contribution in [0.1, 0.15) is 44.7 Å². The van der Waals surface area contributed by atoms with E-state index in [0.29, 0.717) is 5.75 Å². The van der Waals surface area contributed by atoms with Gasteiger partial charge in [-0.2, -0.15) is 0 Å². The molecule has 1 heterocycles. The fourth-order valence-corrected chi connectivity index (χ4v) is 3.29. The molecule has 2 aliphatic rings. The first-order valence-corrected chi connectivity index (χ1v) is 8.71. The van der Waals surface area contributed by atoms with E-state index in [0.717, 1.165) is 29.8 Å². The third-order valence-electron chi connectivity index (χ3n) is 5.12. The number of ether oxygens (including phenoxy) is 2. The van der Waals surface area contributed by atoms with Crippen LogP contribution in [0.4, 0.5) is 5.69 Å². The van der Waals surface area contributed by atoms with Gasteiger partial charge in [-0.15, -0.1) is 0 Å². The van der Waals surface area contributed by atoms with Gasteiger partial charge in [0, 0.05) is 11.8 Å². The highest BCUT2D eigenvalue weighted by molar-refractivity contribution is 6.01. The molecule has 1 fully saturated rings. The first-order valence-electron chi connectivity index (χ1n) is 8.71. The van der Waals surface area contributed by atoms with Gasteiger partial charge in [0.25, 0.3) is 0 Å². The summed E-state index contributed by atoms with van der Waals surface area (Å²) in [7, 11) is 0. The van der Waals surface area contributed by atoms with Crippen molar-refractivity contribution in [2.75, 3.05) is 12.1 Å². The molecule has 0 spiro atoms. The van der Waals surface area contributed by atoms with Gasteiger partial charge in [0.1, 0.15) is 0 Å². The summed E-state index contributed by atoms with van der Waals surface area (Å²) in [6, 6.07) is 14.0. The smallest absolute Gasteiger partial charge is 0.235 e. The van der Waals surface area contributed by atoms with Crippen LogP contribution in [0.15, 0.2) is 42.5 Å². The Kier molecular flexibility index (Phi) is 3.53. The van der Waals surface area contributed by atoms with Crippen molar-refractivity contribution < 1.29 is 14.3 Å². The van der Waals surface area contributed by atoms with Crippen molar-refractivity contribution in [3.8, 4) is 11.5 Å². The maximum atomic E-state index is 12.9. The van der Waals surface area contributed by atoms with E-state index in [-0.39, 0.29) is 18.1 Å². The van der Waals surface area contributed by atoms with E-state index in [1.165, 1.54) is 5.56 Å². The van der Waals surface area contributed by atoms with Gasteiger partial charge in [0.05, 0.1) is 5.41 Å². The van der Waals surface area contributed by atoms with Gasteiger partial charge >= 0.3 is 0 Å². The van der Waals surface area contributed by atoms with E-state index in [9.17, 15) is 4.79 Å². The van der Waals surface area contributed by atoms with E-state index in [1.807, 2.05) is 18.2 Å². The van der Waals surface area contributed by atoms with Gasteiger partial charge in [-0.25, -0.2) is 0 Å². The molecule has 0 aromatic heterocycles. The van der Waals surface area contributed by atoms with Crippen LogP contribution in [-0.4, -0.2) is 12.7 Å². The molecule has 0 saturated heterocycles. The van der Waals surface area contributed by atoms with Gasteiger partial charge in [0.2, 0.25) is 12.7 Å². The number of rotatable bonds is 3. The van der Waals surface area contributed by atoms with Crippen molar-refractivity contribution in [1.82, 2.24) is 0 Å². The molecule has 4 nitrogen and oxygen atoms in total. The van der Waals surface area contributed by atoms with Crippen molar-refractivity contribution in [3.05, 3.63) is 53.6 Å². The second-order valence-electron chi connectivity index (χ2n) is 7.93. The van der Waals surface area contributed by atoms with Gasteiger partial charge in [-0.1, -0.05) is 45.0 Å². The lowest BCUT2D eigenvalue weighted by Gasteiger charge is -2.21. The SMILES string of the molecule is CC(C)(C)c1ccc(C2(C(=O)Nc3ccc4c(c3)OCO4)CC2)cc1. The predicted octanol–water partition coefficient (Wildman–Crippen LogP) is 4.38. The maximum absolute atomic E-state index is 12.9. The Bertz CT molecular complexity index is 814. The third kappa shape index (κ3) is 2.86. The molecule has 4 heteroatoms. The highest BCUT2D eigenvalue weighted by atomic mass is 16.7. The first-order chi connectivity index (χ1) is 11.9. The Labute approximate surface area is 148 Å². The summed E-state index contributed by atoms with van der Waals surface area (Å²) >= 11 is 0. The van der Waals surface area contributed by atoms with Crippen LogP contribution >= 0.6 is 0 Å². The number of hydrogen-bond donors (Lipinski definition) is 1. The Hall–Kier alpha value is -2.49. The average molecular weight is 337 g/mol. The lowest BCUT2D eigenvalue weighted by molar-refractivity contribution is -0.118. The van der Waals surface area contributed by atoms with Gasteiger partial charge in [-0.05, 0) is 41.5 Å². The molecule has 25 heavy (non-hydrogen) atoms. The van der Waals surface area contributed by atoms with Crippen molar-refractivity contribution >= 4 is 11.6 Å². The van der Waals surface area contributed by atoms with Crippen LogP contribution in [0, 0.1) is 0 Å². The van der Waals surface area contributed by atoms with E-state index in [4.69, 9.17) is 9.47 Å². The zero-order valence-corrected chi connectivity index (χ0v) is 14.9. The third-order valence-corrected chi connectivity index (χ3v) is 5.12. The molecule has 1 aliphatic carbocycles. The molecule has 1 aliphatic heterocycles. The minimum Gasteiger partial charge on any atom is -0.454 e. The lowest BCUT2D eigenvalue weighted by atomic mass is 9.85. The van der Waals surface area contributed by atoms with E-state index < -0.39 is 5.41 Å². The standard InChI is InChI=1S/C21H23NO3/c1-20(2,3)14-4-6-15(7-5-14)21(10-11-21)19(23)22-16-8-9-17-18(12-16)25-13-24-17/h4-9,12H,10-11,13H2,1-3H3,(H,22,23). The number of hydrogen-bond acceptors (Lipinski definition) is 3. The summed E-state index contributed by atoms with van der Waals surface area (Å²) in [4.78, 5) is 12.9. The van der Waals surface area contributed by atoms with Crippen molar-refractivity contribution in [2.24, 2.45) is 0 Å². The van der Waals surface area contributed by atoms with Crippen LogP contribution in [-0.2, 0) is 15.6 Å². The van der Waals surface area contributed by atoms with E-state index in [1.54, 1.807) is 0 Å². The first kappa shape index (κ1) is 16.0. The molecule has 130 valence electrons. The van der Waals surface area contributed by atoms with Crippen LogP contribution in [0.2, 0.25) is 0 Å². The summed E-state index contributed by atoms with van der Waals surface area (Å²) in [6.07, 6.45) is 1.77. The average Bonchev–Trinajstić information content (AvgIpc) is 3.26. The predicted molar refractivity (Wildman–Crippen MR) is 97.2 cm³/mol. The number of benzene rings is 2. The van der Waals surface area contributed by atoms with Crippen molar-refractivity contribution in [2.45, 2.75) is 44.4 Å². The number of carbonyl (C=O) groups is 1. The van der Waals surface area contributed by atoms with Gasteiger partial charge < -0.3 is 14.8 Å². The Balaban J connectivity index is 1.53. The molecule has 1 saturated carbocycles. The van der Waals surface area contributed by atoms with Crippen molar-refractivity contribution in [3.63, 3.8) is 0 Å². The molecule has 0 atom stereocenters. The number of fused-ring (bicyclic) bond motifs is 1. The van der Waals surface area contributed by atoms with E-state index >= 15 is 0 Å². The molecule has 1 amide bonds. The summed E-state index contributed by atoms with van der Waals surface area (Å²) in [5.74, 6) is 1.45. The van der Waals surface area contributed by atoms with Crippen LogP contribution < -0.4 is 14.8 Å². The zero-order chi connectivity index (χ0) is 17.7. The molecule has 2 aromatic rings. The summed E-state index contributed by atoms with van der Waals surface area (Å²) in [5, 5.41) is 3.04. The Morgan fingerprint density at radius 1 is 1.00 bits per heavy atom. The minimum absolute atomic E-state index is 0.0508. The summed E-state index contributed by atoms with van der Waals surface area (Å²) in [6.45, 7) is 6.82. The van der Waals surface area contributed by atoms with E-state index in [2.05, 4.69) is 50.4 Å². The second kappa shape index (κ2) is 5.51. The Morgan fingerprint density at radius 2 is 1.68 bits per heavy atom. The molecule has 0 bridgehead atoms. The zero-order valence-electron chi connectivity index (χ0n) is 14.9. The minimum atomic E-state index is -0.396. The lowest BCUT2D eigenvalue weighted by Crippen LogP contribution is -2.28. The van der Waals surface area contributed by atoms with Crippen LogP contribution in [0.5, 0.6) is 11.5 Å². The van der Waals surface area contributed by atoms with Crippen LogP contribution in [0.25, 0.3) is 0 Å².